The van der Waals surface area contributed by atoms with Crippen molar-refractivity contribution in [1.29, 1.82) is 0 Å². The molecule has 0 radical (unpaired) electrons. The SMILES string of the molecule is [N-]=[N+]=Nc1ccc(/C=C/C(=O)c2ccc(N=[N+]=[N-])cc2)cc1. The quantitative estimate of drug-likeness (QED) is 0.235. The first-order chi connectivity index (χ1) is 10.7. The molecule has 2 aromatic rings. The second-order valence-electron chi connectivity index (χ2n) is 4.21. The Labute approximate surface area is 125 Å². The lowest BCUT2D eigenvalue weighted by atomic mass is 10.1. The van der Waals surface area contributed by atoms with Crippen molar-refractivity contribution in [3.05, 3.63) is 86.6 Å². The van der Waals surface area contributed by atoms with Crippen molar-refractivity contribution >= 4 is 23.2 Å². The first-order valence-corrected chi connectivity index (χ1v) is 6.25. The van der Waals surface area contributed by atoms with Gasteiger partial charge in [-0.3, -0.25) is 4.79 Å². The summed E-state index contributed by atoms with van der Waals surface area (Å²) < 4.78 is 0. The van der Waals surface area contributed by atoms with Gasteiger partial charge in [0.25, 0.3) is 0 Å². The molecule has 2 aromatic carbocycles. The monoisotopic (exact) mass is 290 g/mol. The molecule has 0 bridgehead atoms. The molecule has 2 rings (SSSR count). The molecule has 0 saturated carbocycles. The van der Waals surface area contributed by atoms with Crippen molar-refractivity contribution in [3.8, 4) is 0 Å². The van der Waals surface area contributed by atoms with Gasteiger partial charge in [-0.1, -0.05) is 64.8 Å². The molecule has 22 heavy (non-hydrogen) atoms. The molecule has 0 amide bonds. The summed E-state index contributed by atoms with van der Waals surface area (Å²) in [4.78, 5) is 17.4. The average Bonchev–Trinajstić information content (AvgIpc) is 2.55. The van der Waals surface area contributed by atoms with E-state index in [-0.39, 0.29) is 5.78 Å². The van der Waals surface area contributed by atoms with Crippen LogP contribution >= 0.6 is 0 Å². The van der Waals surface area contributed by atoms with Gasteiger partial charge in [0.1, 0.15) is 0 Å². The predicted octanol–water partition coefficient (Wildman–Crippen LogP) is 5.47. The minimum atomic E-state index is -0.161. The number of hydrogen-bond donors (Lipinski definition) is 0. The van der Waals surface area contributed by atoms with Gasteiger partial charge in [-0.05, 0) is 22.7 Å². The molecule has 106 valence electrons. The third kappa shape index (κ3) is 3.98. The number of nitrogens with zero attached hydrogens (tertiary/aromatic N) is 6. The summed E-state index contributed by atoms with van der Waals surface area (Å²) in [7, 11) is 0. The fraction of sp³-hybridized carbons (Fsp3) is 0. The molecule has 0 aliphatic heterocycles. The minimum absolute atomic E-state index is 0.161. The molecule has 0 N–H and O–H groups in total. The first kappa shape index (κ1) is 14.9. The van der Waals surface area contributed by atoms with E-state index >= 15 is 0 Å². The van der Waals surface area contributed by atoms with E-state index in [1.807, 2.05) is 0 Å². The van der Waals surface area contributed by atoms with Crippen molar-refractivity contribution in [1.82, 2.24) is 0 Å². The molecule has 0 fully saturated rings. The second-order valence-corrected chi connectivity index (χ2v) is 4.21. The lowest BCUT2D eigenvalue weighted by molar-refractivity contribution is 0.104. The molecule has 0 unspecified atom stereocenters. The molecule has 0 spiro atoms. The summed E-state index contributed by atoms with van der Waals surface area (Å²) in [6.07, 6.45) is 3.12. The van der Waals surface area contributed by atoms with Crippen molar-refractivity contribution in [2.24, 2.45) is 10.2 Å². The average molecular weight is 290 g/mol. The van der Waals surface area contributed by atoms with Gasteiger partial charge in [-0.2, -0.15) is 0 Å². The predicted molar refractivity (Wildman–Crippen MR) is 83.9 cm³/mol. The third-order valence-corrected chi connectivity index (χ3v) is 2.79. The van der Waals surface area contributed by atoms with Crippen LogP contribution in [0.25, 0.3) is 27.0 Å². The number of benzene rings is 2. The van der Waals surface area contributed by atoms with E-state index in [0.29, 0.717) is 16.9 Å². The third-order valence-electron chi connectivity index (χ3n) is 2.79. The van der Waals surface area contributed by atoms with Crippen LogP contribution in [0.15, 0.2) is 64.8 Å². The van der Waals surface area contributed by atoms with Gasteiger partial charge >= 0.3 is 0 Å². The molecule has 0 aliphatic rings. The zero-order valence-electron chi connectivity index (χ0n) is 11.4. The van der Waals surface area contributed by atoms with E-state index in [4.69, 9.17) is 11.1 Å². The van der Waals surface area contributed by atoms with E-state index in [1.54, 1.807) is 54.6 Å². The molecular formula is C15H10N6O. The van der Waals surface area contributed by atoms with E-state index in [1.165, 1.54) is 6.08 Å². The summed E-state index contributed by atoms with van der Waals surface area (Å²) in [5, 5.41) is 6.91. The second kappa shape index (κ2) is 7.31. The molecule has 0 heterocycles. The topological polar surface area (TPSA) is 115 Å². The molecule has 0 saturated heterocycles. The van der Waals surface area contributed by atoms with Gasteiger partial charge in [0.2, 0.25) is 0 Å². The Kier molecular flexibility index (Phi) is 4.94. The zero-order chi connectivity index (χ0) is 15.8. The van der Waals surface area contributed by atoms with Crippen LogP contribution in [0, 0.1) is 0 Å². The van der Waals surface area contributed by atoms with Gasteiger partial charge in [0, 0.05) is 26.8 Å². The fourth-order valence-corrected chi connectivity index (χ4v) is 1.72. The number of hydrogen-bond acceptors (Lipinski definition) is 3. The number of ketones is 1. The molecule has 0 atom stereocenters. The van der Waals surface area contributed by atoms with Crippen LogP contribution < -0.4 is 0 Å². The number of carbonyl (C=O) groups excluding carboxylic acids is 1. The maximum Gasteiger partial charge on any atom is 0.185 e. The number of azide groups is 2. The molecule has 0 aliphatic carbocycles. The van der Waals surface area contributed by atoms with Gasteiger partial charge in [0.05, 0.1) is 0 Å². The highest BCUT2D eigenvalue weighted by molar-refractivity contribution is 6.06. The summed E-state index contributed by atoms with van der Waals surface area (Å²) in [5.41, 5.74) is 18.9. The van der Waals surface area contributed by atoms with Gasteiger partial charge < -0.3 is 0 Å². The molecule has 0 aromatic heterocycles. The van der Waals surface area contributed by atoms with Crippen LogP contribution in [0.1, 0.15) is 15.9 Å². The van der Waals surface area contributed by atoms with Crippen LogP contribution in [-0.2, 0) is 0 Å². The van der Waals surface area contributed by atoms with Gasteiger partial charge in [-0.15, -0.1) is 0 Å². The lowest BCUT2D eigenvalue weighted by Crippen LogP contribution is -1.92. The van der Waals surface area contributed by atoms with E-state index in [9.17, 15) is 4.79 Å². The van der Waals surface area contributed by atoms with Crippen LogP contribution in [0.4, 0.5) is 11.4 Å². The van der Waals surface area contributed by atoms with Crippen LogP contribution in [-0.4, -0.2) is 5.78 Å². The Morgan fingerprint density at radius 3 is 1.86 bits per heavy atom. The summed E-state index contributed by atoms with van der Waals surface area (Å²) in [5.74, 6) is -0.161. The van der Waals surface area contributed by atoms with Crippen molar-refractivity contribution in [2.45, 2.75) is 0 Å². The summed E-state index contributed by atoms with van der Waals surface area (Å²) in [6.45, 7) is 0. The van der Waals surface area contributed by atoms with E-state index < -0.39 is 0 Å². The maximum absolute atomic E-state index is 12.0. The normalized spacial score (nSPS) is 9.82. The van der Waals surface area contributed by atoms with Gasteiger partial charge in [-0.25, -0.2) is 0 Å². The Morgan fingerprint density at radius 1 is 0.864 bits per heavy atom. The Hall–Kier alpha value is -3.53. The van der Waals surface area contributed by atoms with E-state index in [2.05, 4.69) is 20.1 Å². The van der Waals surface area contributed by atoms with Crippen molar-refractivity contribution in [3.63, 3.8) is 0 Å². The van der Waals surface area contributed by atoms with Gasteiger partial charge in [0.15, 0.2) is 5.78 Å². The Morgan fingerprint density at radius 2 is 1.36 bits per heavy atom. The first-order valence-electron chi connectivity index (χ1n) is 6.25. The standard InChI is InChI=1S/C15H10N6O/c16-20-18-13-6-1-11(2-7-13)3-10-15(22)12-4-8-14(9-5-12)19-21-17/h1-10H/b10-3+. The Balaban J connectivity index is 2.10. The maximum atomic E-state index is 12.0. The molecule has 7 nitrogen and oxygen atoms in total. The molecule has 7 heteroatoms. The number of carbonyl (C=O) groups is 1. The fourth-order valence-electron chi connectivity index (χ4n) is 1.72. The lowest BCUT2D eigenvalue weighted by Gasteiger charge is -1.97. The van der Waals surface area contributed by atoms with E-state index in [0.717, 1.165) is 5.56 Å². The van der Waals surface area contributed by atoms with Crippen LogP contribution in [0.2, 0.25) is 0 Å². The highest BCUT2D eigenvalue weighted by atomic mass is 16.1. The highest BCUT2D eigenvalue weighted by Crippen LogP contribution is 2.16. The minimum Gasteiger partial charge on any atom is -0.289 e. The smallest absolute Gasteiger partial charge is 0.185 e. The number of rotatable bonds is 5. The summed E-state index contributed by atoms with van der Waals surface area (Å²) >= 11 is 0. The molecular weight excluding hydrogens is 280 g/mol. The van der Waals surface area contributed by atoms with Crippen LogP contribution in [0.5, 0.6) is 0 Å². The van der Waals surface area contributed by atoms with Crippen LogP contribution in [0.3, 0.4) is 0 Å². The Bertz CT molecular complexity index is 795. The number of allylic oxidation sites excluding steroid dienone is 1. The van der Waals surface area contributed by atoms with Crippen molar-refractivity contribution < 1.29 is 4.79 Å². The van der Waals surface area contributed by atoms with Crippen molar-refractivity contribution in [2.75, 3.05) is 0 Å². The zero-order valence-corrected chi connectivity index (χ0v) is 11.4. The highest BCUT2D eigenvalue weighted by Gasteiger charge is 2.01. The summed E-state index contributed by atoms with van der Waals surface area (Å²) in [6, 6.07) is 13.2. The largest absolute Gasteiger partial charge is 0.289 e.